The molecule has 0 aliphatic carbocycles. The number of amides is 1. The van der Waals surface area contributed by atoms with E-state index in [0.29, 0.717) is 18.3 Å². The van der Waals surface area contributed by atoms with Crippen LogP contribution in [0.3, 0.4) is 0 Å². The molecule has 0 saturated carbocycles. The summed E-state index contributed by atoms with van der Waals surface area (Å²) in [6.07, 6.45) is 3.23. The number of hydrogen-bond acceptors (Lipinski definition) is 5. The molecular formula is C26H32N4O2S. The van der Waals surface area contributed by atoms with E-state index < -0.39 is 0 Å². The Bertz CT molecular complexity index is 1080. The predicted octanol–water partition coefficient (Wildman–Crippen LogP) is 4.58. The molecule has 174 valence electrons. The van der Waals surface area contributed by atoms with Crippen LogP contribution in [0, 0.1) is 19.8 Å². The van der Waals surface area contributed by atoms with Gasteiger partial charge in [0, 0.05) is 20.1 Å². The Morgan fingerprint density at radius 3 is 2.58 bits per heavy atom. The molecule has 1 aliphatic heterocycles. The fourth-order valence-electron chi connectivity index (χ4n) is 4.17. The molecule has 2 aromatic carbocycles. The molecule has 1 saturated heterocycles. The summed E-state index contributed by atoms with van der Waals surface area (Å²) in [6, 6.07) is 16.7. The zero-order chi connectivity index (χ0) is 23.2. The van der Waals surface area contributed by atoms with Gasteiger partial charge in [-0.3, -0.25) is 4.79 Å². The summed E-state index contributed by atoms with van der Waals surface area (Å²) in [4.78, 5) is 14.8. The second-order valence-corrected chi connectivity index (χ2v) is 9.69. The second kappa shape index (κ2) is 10.9. The van der Waals surface area contributed by atoms with Crippen LogP contribution < -0.4 is 4.74 Å². The van der Waals surface area contributed by atoms with Gasteiger partial charge in [0.05, 0.1) is 5.75 Å². The number of rotatable bonds is 8. The SMILES string of the molecule is Cc1cccc(OCc2nnc(SCC(=O)N3CCC(Cc4ccccc4)CC3)n2C)c1C. The minimum atomic E-state index is 0.175. The first-order chi connectivity index (χ1) is 16.0. The average Bonchev–Trinajstić information content (AvgIpc) is 3.19. The summed E-state index contributed by atoms with van der Waals surface area (Å²) in [6.45, 7) is 6.15. The van der Waals surface area contributed by atoms with Crippen molar-refractivity contribution in [2.24, 2.45) is 13.0 Å². The lowest BCUT2D eigenvalue weighted by atomic mass is 9.90. The normalized spacial score (nSPS) is 14.5. The van der Waals surface area contributed by atoms with E-state index >= 15 is 0 Å². The number of aryl methyl sites for hydroxylation is 1. The van der Waals surface area contributed by atoms with Gasteiger partial charge in [-0.05, 0) is 61.8 Å². The molecule has 1 aliphatic rings. The Balaban J connectivity index is 1.23. The number of piperidine rings is 1. The van der Waals surface area contributed by atoms with Crippen LogP contribution in [0.4, 0.5) is 0 Å². The third-order valence-electron chi connectivity index (χ3n) is 6.50. The Morgan fingerprint density at radius 2 is 1.82 bits per heavy atom. The highest BCUT2D eigenvalue weighted by molar-refractivity contribution is 7.99. The third-order valence-corrected chi connectivity index (χ3v) is 7.50. The van der Waals surface area contributed by atoms with Crippen LogP contribution in [0.5, 0.6) is 5.75 Å². The Kier molecular flexibility index (Phi) is 7.70. The standard InChI is InChI=1S/C26H32N4O2S/c1-19-8-7-11-23(20(19)2)32-17-24-27-28-26(29(24)3)33-18-25(31)30-14-12-22(13-15-30)16-21-9-5-4-6-10-21/h4-11,22H,12-18H2,1-3H3. The number of thioether (sulfide) groups is 1. The van der Waals surface area contributed by atoms with Crippen LogP contribution in [0.25, 0.3) is 0 Å². The molecular weight excluding hydrogens is 432 g/mol. The van der Waals surface area contributed by atoms with E-state index in [-0.39, 0.29) is 5.91 Å². The maximum absolute atomic E-state index is 12.8. The summed E-state index contributed by atoms with van der Waals surface area (Å²) in [7, 11) is 1.92. The molecule has 4 rings (SSSR count). The monoisotopic (exact) mass is 464 g/mol. The molecule has 7 heteroatoms. The Morgan fingerprint density at radius 1 is 1.06 bits per heavy atom. The zero-order valence-corrected chi connectivity index (χ0v) is 20.5. The molecule has 0 spiro atoms. The minimum absolute atomic E-state index is 0.175. The van der Waals surface area contributed by atoms with E-state index in [4.69, 9.17) is 4.74 Å². The van der Waals surface area contributed by atoms with Crippen LogP contribution in [0.2, 0.25) is 0 Å². The van der Waals surface area contributed by atoms with Gasteiger partial charge < -0.3 is 14.2 Å². The summed E-state index contributed by atoms with van der Waals surface area (Å²) >= 11 is 1.44. The lowest BCUT2D eigenvalue weighted by Crippen LogP contribution is -2.39. The molecule has 0 bridgehead atoms. The van der Waals surface area contributed by atoms with Gasteiger partial charge in [0.15, 0.2) is 11.0 Å². The van der Waals surface area contributed by atoms with Gasteiger partial charge in [-0.25, -0.2) is 0 Å². The smallest absolute Gasteiger partial charge is 0.233 e. The van der Waals surface area contributed by atoms with Crippen molar-refractivity contribution >= 4 is 17.7 Å². The number of benzene rings is 2. The predicted molar refractivity (Wildman–Crippen MR) is 131 cm³/mol. The molecule has 33 heavy (non-hydrogen) atoms. The zero-order valence-electron chi connectivity index (χ0n) is 19.7. The van der Waals surface area contributed by atoms with Gasteiger partial charge >= 0.3 is 0 Å². The molecule has 0 radical (unpaired) electrons. The summed E-state index contributed by atoms with van der Waals surface area (Å²) < 4.78 is 7.88. The molecule has 1 amide bonds. The summed E-state index contributed by atoms with van der Waals surface area (Å²) in [5.74, 6) is 2.81. The van der Waals surface area contributed by atoms with Crippen molar-refractivity contribution in [1.29, 1.82) is 0 Å². The highest BCUT2D eigenvalue weighted by Gasteiger charge is 2.23. The molecule has 1 fully saturated rings. The largest absolute Gasteiger partial charge is 0.485 e. The maximum atomic E-state index is 12.8. The minimum Gasteiger partial charge on any atom is -0.485 e. The quantitative estimate of drug-likeness (QED) is 0.457. The molecule has 2 heterocycles. The van der Waals surface area contributed by atoms with Crippen LogP contribution in [-0.2, 0) is 24.9 Å². The van der Waals surface area contributed by atoms with Gasteiger partial charge in [0.1, 0.15) is 12.4 Å². The first-order valence-electron chi connectivity index (χ1n) is 11.5. The van der Waals surface area contributed by atoms with Crippen molar-refractivity contribution in [3.8, 4) is 5.75 Å². The molecule has 6 nitrogen and oxygen atoms in total. The van der Waals surface area contributed by atoms with E-state index in [2.05, 4.69) is 60.4 Å². The van der Waals surface area contributed by atoms with Crippen molar-refractivity contribution in [2.75, 3.05) is 18.8 Å². The van der Waals surface area contributed by atoms with Crippen molar-refractivity contribution in [3.05, 3.63) is 71.0 Å². The van der Waals surface area contributed by atoms with E-state index in [1.54, 1.807) is 0 Å². The first-order valence-corrected chi connectivity index (χ1v) is 12.5. The Hall–Kier alpha value is -2.80. The maximum Gasteiger partial charge on any atom is 0.233 e. The van der Waals surface area contributed by atoms with E-state index in [1.807, 2.05) is 28.6 Å². The fourth-order valence-corrected chi connectivity index (χ4v) is 5.00. The molecule has 1 aromatic heterocycles. The second-order valence-electron chi connectivity index (χ2n) is 8.75. The van der Waals surface area contributed by atoms with E-state index in [9.17, 15) is 4.79 Å². The fraction of sp³-hybridized carbons (Fsp3) is 0.423. The molecule has 3 aromatic rings. The van der Waals surface area contributed by atoms with Crippen molar-refractivity contribution < 1.29 is 9.53 Å². The van der Waals surface area contributed by atoms with Crippen LogP contribution >= 0.6 is 11.8 Å². The number of likely N-dealkylation sites (tertiary alicyclic amines) is 1. The number of nitrogens with zero attached hydrogens (tertiary/aromatic N) is 4. The van der Waals surface area contributed by atoms with Crippen LogP contribution in [0.1, 0.15) is 35.4 Å². The number of carbonyl (C=O) groups excluding carboxylic acids is 1. The lowest BCUT2D eigenvalue weighted by Gasteiger charge is -2.32. The number of aromatic nitrogens is 3. The van der Waals surface area contributed by atoms with Crippen molar-refractivity contribution in [1.82, 2.24) is 19.7 Å². The third kappa shape index (κ3) is 5.96. The van der Waals surface area contributed by atoms with Crippen molar-refractivity contribution in [2.45, 2.75) is 44.9 Å². The number of hydrogen-bond donors (Lipinski definition) is 0. The van der Waals surface area contributed by atoms with E-state index in [1.165, 1.54) is 22.9 Å². The molecule has 0 atom stereocenters. The highest BCUT2D eigenvalue weighted by atomic mass is 32.2. The first kappa shape index (κ1) is 23.4. The summed E-state index contributed by atoms with van der Waals surface area (Å²) in [5, 5.41) is 9.27. The van der Waals surface area contributed by atoms with E-state index in [0.717, 1.165) is 54.6 Å². The average molecular weight is 465 g/mol. The molecule has 0 unspecified atom stereocenters. The molecule has 0 N–H and O–H groups in total. The Labute approximate surface area is 200 Å². The van der Waals surface area contributed by atoms with Crippen molar-refractivity contribution in [3.63, 3.8) is 0 Å². The van der Waals surface area contributed by atoms with Gasteiger partial charge in [-0.15, -0.1) is 10.2 Å². The highest BCUT2D eigenvalue weighted by Crippen LogP contribution is 2.24. The van der Waals surface area contributed by atoms with Gasteiger partial charge in [-0.2, -0.15) is 0 Å². The van der Waals surface area contributed by atoms with Crippen LogP contribution in [0.15, 0.2) is 53.7 Å². The lowest BCUT2D eigenvalue weighted by molar-refractivity contribution is -0.129. The topological polar surface area (TPSA) is 60.3 Å². The number of carbonyl (C=O) groups is 1. The summed E-state index contributed by atoms with van der Waals surface area (Å²) in [5.41, 5.74) is 3.72. The number of ether oxygens (including phenoxy) is 1. The van der Waals surface area contributed by atoms with Gasteiger partial charge in [0.2, 0.25) is 5.91 Å². The van der Waals surface area contributed by atoms with Gasteiger partial charge in [-0.1, -0.05) is 54.2 Å². The van der Waals surface area contributed by atoms with Gasteiger partial charge in [0.25, 0.3) is 0 Å². The van der Waals surface area contributed by atoms with Crippen LogP contribution in [-0.4, -0.2) is 44.4 Å².